The molecule has 4 rings (SSSR count). The first-order valence-corrected chi connectivity index (χ1v) is 9.67. The van der Waals surface area contributed by atoms with Crippen molar-refractivity contribution in [1.29, 1.82) is 0 Å². The molecular formula is C20H18N4O3S. The number of aromatic nitrogens is 4. The number of fused-ring (bicyclic) bond motifs is 1. The van der Waals surface area contributed by atoms with Gasteiger partial charge in [0.05, 0.1) is 30.2 Å². The summed E-state index contributed by atoms with van der Waals surface area (Å²) in [6, 6.07) is 13.3. The summed E-state index contributed by atoms with van der Waals surface area (Å²) in [6.45, 7) is 1.94. The normalized spacial score (nSPS) is 11.1. The minimum absolute atomic E-state index is 0.143. The second-order valence-corrected chi connectivity index (χ2v) is 7.19. The molecule has 28 heavy (non-hydrogen) atoms. The van der Waals surface area contributed by atoms with E-state index in [1.807, 2.05) is 43.3 Å². The predicted molar refractivity (Wildman–Crippen MR) is 107 cm³/mol. The van der Waals surface area contributed by atoms with Crippen LogP contribution in [0, 0.1) is 6.92 Å². The Bertz CT molecular complexity index is 1170. The van der Waals surface area contributed by atoms with Crippen LogP contribution in [0.2, 0.25) is 0 Å². The molecule has 2 heterocycles. The first-order chi connectivity index (χ1) is 13.6. The summed E-state index contributed by atoms with van der Waals surface area (Å²) < 4.78 is 10.9. The zero-order valence-electron chi connectivity index (χ0n) is 15.4. The second-order valence-electron chi connectivity index (χ2n) is 6.26. The molecule has 142 valence electrons. The number of aryl methyl sites for hydroxylation is 1. The van der Waals surface area contributed by atoms with E-state index in [2.05, 4.69) is 20.2 Å². The van der Waals surface area contributed by atoms with Gasteiger partial charge < -0.3 is 14.1 Å². The molecular weight excluding hydrogens is 376 g/mol. The summed E-state index contributed by atoms with van der Waals surface area (Å²) in [6.07, 6.45) is 0.543. The zero-order valence-corrected chi connectivity index (χ0v) is 16.2. The van der Waals surface area contributed by atoms with E-state index >= 15 is 0 Å². The Morgan fingerprint density at radius 2 is 1.96 bits per heavy atom. The Labute approximate surface area is 165 Å². The fraction of sp³-hybridized carbons (Fsp3) is 0.200. The quantitative estimate of drug-likeness (QED) is 0.500. The van der Waals surface area contributed by atoms with Crippen LogP contribution in [0.25, 0.3) is 10.9 Å². The van der Waals surface area contributed by atoms with Crippen molar-refractivity contribution in [3.8, 4) is 5.75 Å². The van der Waals surface area contributed by atoms with Crippen LogP contribution in [-0.2, 0) is 12.2 Å². The van der Waals surface area contributed by atoms with Crippen molar-refractivity contribution < 1.29 is 9.15 Å². The Hall–Kier alpha value is -3.13. The SMILES string of the molecule is COc1ccc(Cc2nnc(SCc3nc4c(C)cccc4c(=O)[nH]3)o2)cc1. The topological polar surface area (TPSA) is 93.9 Å². The number of ether oxygens (including phenoxy) is 1. The molecule has 0 atom stereocenters. The van der Waals surface area contributed by atoms with Gasteiger partial charge in [0, 0.05) is 0 Å². The van der Waals surface area contributed by atoms with Crippen molar-refractivity contribution in [1.82, 2.24) is 20.2 Å². The summed E-state index contributed by atoms with van der Waals surface area (Å²) >= 11 is 1.34. The molecule has 0 spiro atoms. The van der Waals surface area contributed by atoms with Crippen molar-refractivity contribution in [2.75, 3.05) is 7.11 Å². The highest BCUT2D eigenvalue weighted by atomic mass is 32.2. The number of thioether (sulfide) groups is 1. The van der Waals surface area contributed by atoms with Gasteiger partial charge in [-0.2, -0.15) is 0 Å². The molecule has 0 aliphatic heterocycles. The standard InChI is InChI=1S/C20H18N4O3S/c1-12-4-3-5-15-18(12)21-16(22-19(15)25)11-28-20-24-23-17(27-20)10-13-6-8-14(26-2)9-7-13/h3-9H,10-11H2,1-2H3,(H,21,22,25). The molecule has 0 saturated carbocycles. The van der Waals surface area contributed by atoms with E-state index < -0.39 is 0 Å². The number of H-pyrrole nitrogens is 1. The second kappa shape index (κ2) is 7.85. The third kappa shape index (κ3) is 3.91. The van der Waals surface area contributed by atoms with Crippen LogP contribution in [0.4, 0.5) is 0 Å². The number of hydrogen-bond acceptors (Lipinski definition) is 7. The van der Waals surface area contributed by atoms with Gasteiger partial charge in [0.1, 0.15) is 11.6 Å². The molecule has 0 amide bonds. The van der Waals surface area contributed by atoms with Gasteiger partial charge in [-0.15, -0.1) is 10.2 Å². The van der Waals surface area contributed by atoms with E-state index in [-0.39, 0.29) is 5.56 Å². The van der Waals surface area contributed by atoms with E-state index in [9.17, 15) is 4.79 Å². The molecule has 0 bridgehead atoms. The fourth-order valence-corrected chi connectivity index (χ4v) is 3.49. The first-order valence-electron chi connectivity index (χ1n) is 8.69. The van der Waals surface area contributed by atoms with Crippen LogP contribution < -0.4 is 10.3 Å². The van der Waals surface area contributed by atoms with Crippen LogP contribution in [0.5, 0.6) is 5.75 Å². The lowest BCUT2D eigenvalue weighted by atomic mass is 10.1. The molecule has 2 aromatic carbocycles. The zero-order chi connectivity index (χ0) is 19.5. The highest BCUT2D eigenvalue weighted by Gasteiger charge is 2.11. The summed E-state index contributed by atoms with van der Waals surface area (Å²) in [5.74, 6) is 2.34. The van der Waals surface area contributed by atoms with Gasteiger partial charge in [-0.3, -0.25) is 4.79 Å². The lowest BCUT2D eigenvalue weighted by Gasteiger charge is -2.03. The average Bonchev–Trinajstić information content (AvgIpc) is 3.15. The van der Waals surface area contributed by atoms with Crippen LogP contribution >= 0.6 is 11.8 Å². The van der Waals surface area contributed by atoms with Gasteiger partial charge in [-0.05, 0) is 36.2 Å². The Balaban J connectivity index is 1.45. The number of nitrogens with zero attached hydrogens (tertiary/aromatic N) is 3. The van der Waals surface area contributed by atoms with Gasteiger partial charge in [0.25, 0.3) is 10.8 Å². The maximum Gasteiger partial charge on any atom is 0.277 e. The number of rotatable bonds is 6. The summed E-state index contributed by atoms with van der Waals surface area (Å²) in [5.41, 5.74) is 2.59. The summed E-state index contributed by atoms with van der Waals surface area (Å²) in [7, 11) is 1.63. The van der Waals surface area contributed by atoms with Crippen LogP contribution in [-0.4, -0.2) is 27.3 Å². The molecule has 0 saturated heterocycles. The molecule has 0 unspecified atom stereocenters. The van der Waals surface area contributed by atoms with Crippen molar-refractivity contribution in [3.05, 3.63) is 75.7 Å². The average molecular weight is 394 g/mol. The minimum atomic E-state index is -0.143. The number of aromatic amines is 1. The number of para-hydroxylation sites is 1. The van der Waals surface area contributed by atoms with Gasteiger partial charge in [-0.25, -0.2) is 4.98 Å². The van der Waals surface area contributed by atoms with Crippen molar-refractivity contribution >= 4 is 22.7 Å². The van der Waals surface area contributed by atoms with E-state index in [4.69, 9.17) is 9.15 Å². The molecule has 4 aromatic rings. The van der Waals surface area contributed by atoms with Crippen LogP contribution in [0.15, 0.2) is 56.9 Å². The monoisotopic (exact) mass is 394 g/mol. The van der Waals surface area contributed by atoms with Gasteiger partial charge in [0.15, 0.2) is 0 Å². The number of methoxy groups -OCH3 is 1. The number of benzene rings is 2. The van der Waals surface area contributed by atoms with Crippen molar-refractivity contribution in [3.63, 3.8) is 0 Å². The maximum absolute atomic E-state index is 12.3. The van der Waals surface area contributed by atoms with E-state index in [0.717, 1.165) is 16.9 Å². The molecule has 8 heteroatoms. The fourth-order valence-electron chi connectivity index (χ4n) is 2.84. The highest BCUT2D eigenvalue weighted by Crippen LogP contribution is 2.22. The van der Waals surface area contributed by atoms with Crippen molar-refractivity contribution in [2.24, 2.45) is 0 Å². The van der Waals surface area contributed by atoms with Gasteiger partial charge in [0.2, 0.25) is 5.89 Å². The molecule has 7 nitrogen and oxygen atoms in total. The van der Waals surface area contributed by atoms with E-state index in [1.165, 1.54) is 11.8 Å². The molecule has 0 fully saturated rings. The van der Waals surface area contributed by atoms with Crippen LogP contribution in [0.3, 0.4) is 0 Å². The third-order valence-electron chi connectivity index (χ3n) is 4.28. The van der Waals surface area contributed by atoms with Gasteiger partial charge >= 0.3 is 0 Å². The highest BCUT2D eigenvalue weighted by molar-refractivity contribution is 7.98. The number of hydrogen-bond donors (Lipinski definition) is 1. The van der Waals surface area contributed by atoms with Gasteiger partial charge in [-0.1, -0.05) is 36.0 Å². The van der Waals surface area contributed by atoms with E-state index in [1.54, 1.807) is 13.2 Å². The Kier molecular flexibility index (Phi) is 5.12. The molecule has 2 aromatic heterocycles. The summed E-state index contributed by atoms with van der Waals surface area (Å²) in [5, 5.41) is 9.18. The molecule has 0 radical (unpaired) electrons. The lowest BCUT2D eigenvalue weighted by molar-refractivity contribution is 0.413. The summed E-state index contributed by atoms with van der Waals surface area (Å²) in [4.78, 5) is 19.6. The minimum Gasteiger partial charge on any atom is -0.497 e. The number of nitrogens with one attached hydrogen (secondary N) is 1. The van der Waals surface area contributed by atoms with Crippen LogP contribution in [0.1, 0.15) is 22.8 Å². The third-order valence-corrected chi connectivity index (χ3v) is 5.11. The molecule has 1 N–H and O–H groups in total. The Morgan fingerprint density at radius 1 is 1.14 bits per heavy atom. The largest absolute Gasteiger partial charge is 0.497 e. The molecule has 0 aliphatic rings. The molecule has 0 aliphatic carbocycles. The predicted octanol–water partition coefficient (Wildman–Crippen LogP) is 3.51. The smallest absolute Gasteiger partial charge is 0.277 e. The first kappa shape index (κ1) is 18.2. The van der Waals surface area contributed by atoms with E-state index in [0.29, 0.717) is 40.0 Å². The Morgan fingerprint density at radius 3 is 2.75 bits per heavy atom. The van der Waals surface area contributed by atoms with Crippen molar-refractivity contribution in [2.45, 2.75) is 24.3 Å². The lowest BCUT2D eigenvalue weighted by Crippen LogP contribution is -2.11. The maximum atomic E-state index is 12.3.